The van der Waals surface area contributed by atoms with Crippen LogP contribution in [0.25, 0.3) is 22.2 Å². The number of carbonyl (C=O) groups excluding carboxylic acids is 1. The summed E-state index contributed by atoms with van der Waals surface area (Å²) < 4.78 is 0. The van der Waals surface area contributed by atoms with Crippen molar-refractivity contribution in [2.75, 3.05) is 38.5 Å². The zero-order chi connectivity index (χ0) is 20.4. The average molecular weight is 413 g/mol. The number of fused-ring (bicyclic) bond motifs is 1. The molecule has 7 nitrogen and oxygen atoms in total. The number of halogens is 1. The van der Waals surface area contributed by atoms with Crippen LogP contribution in [0.4, 0.5) is 5.69 Å². The van der Waals surface area contributed by atoms with Crippen molar-refractivity contribution in [3.8, 4) is 11.3 Å². The molecule has 8 heteroatoms. The summed E-state index contributed by atoms with van der Waals surface area (Å²) in [6, 6.07) is 7.55. The Bertz CT molecular complexity index is 1010. The fourth-order valence-electron chi connectivity index (χ4n) is 3.91. The highest BCUT2D eigenvalue weighted by Gasteiger charge is 2.27. The molecule has 29 heavy (non-hydrogen) atoms. The standard InChI is InChI=1S/C21H25ClN6O/c1-3-18(28-11-9-27(2)10-12-28)20(29)25-17-6-4-5-14-15(13-24-19(14)17)16-7-8-23-21(22)26-16/h4-8,13,18,24H,3,9-12H2,1-2H3,(H,25,29). The largest absolute Gasteiger partial charge is 0.359 e. The Kier molecular flexibility index (Phi) is 5.80. The molecule has 1 saturated heterocycles. The first-order valence-corrected chi connectivity index (χ1v) is 10.3. The van der Waals surface area contributed by atoms with Gasteiger partial charge in [0.2, 0.25) is 11.2 Å². The lowest BCUT2D eigenvalue weighted by Crippen LogP contribution is -2.52. The smallest absolute Gasteiger partial charge is 0.241 e. The summed E-state index contributed by atoms with van der Waals surface area (Å²) in [5.74, 6) is 0.0331. The van der Waals surface area contributed by atoms with Gasteiger partial charge in [0.1, 0.15) is 0 Å². The van der Waals surface area contributed by atoms with Gasteiger partial charge in [-0.05, 0) is 37.2 Å². The molecule has 1 aliphatic heterocycles. The van der Waals surface area contributed by atoms with E-state index in [1.54, 1.807) is 6.20 Å². The van der Waals surface area contributed by atoms with E-state index in [2.05, 4.69) is 44.0 Å². The Labute approximate surface area is 175 Å². The number of benzene rings is 1. The third kappa shape index (κ3) is 4.12. The molecule has 1 unspecified atom stereocenters. The van der Waals surface area contributed by atoms with Crippen LogP contribution in [0.1, 0.15) is 13.3 Å². The number of carbonyl (C=O) groups is 1. The summed E-state index contributed by atoms with van der Waals surface area (Å²) in [6.07, 6.45) is 4.30. The van der Waals surface area contributed by atoms with Crippen LogP contribution in [0.2, 0.25) is 5.28 Å². The number of piperazine rings is 1. The highest BCUT2D eigenvalue weighted by atomic mass is 35.5. The van der Waals surface area contributed by atoms with E-state index in [1.165, 1.54) is 0 Å². The molecule has 3 aromatic rings. The summed E-state index contributed by atoms with van der Waals surface area (Å²) >= 11 is 5.95. The number of aromatic nitrogens is 3. The first kappa shape index (κ1) is 19.8. The van der Waals surface area contributed by atoms with Crippen LogP contribution >= 0.6 is 11.6 Å². The van der Waals surface area contributed by atoms with Gasteiger partial charge in [-0.15, -0.1) is 0 Å². The van der Waals surface area contributed by atoms with Gasteiger partial charge in [-0.1, -0.05) is 19.1 Å². The molecule has 0 bridgehead atoms. The van der Waals surface area contributed by atoms with E-state index < -0.39 is 0 Å². The number of hydrogen-bond acceptors (Lipinski definition) is 5. The molecule has 0 saturated carbocycles. The van der Waals surface area contributed by atoms with E-state index >= 15 is 0 Å². The van der Waals surface area contributed by atoms with Crippen molar-refractivity contribution in [1.82, 2.24) is 24.8 Å². The van der Waals surface area contributed by atoms with Crippen LogP contribution < -0.4 is 5.32 Å². The van der Waals surface area contributed by atoms with Crippen molar-refractivity contribution in [2.45, 2.75) is 19.4 Å². The second-order valence-corrected chi connectivity index (χ2v) is 7.73. The van der Waals surface area contributed by atoms with Crippen LogP contribution in [-0.4, -0.2) is 69.9 Å². The number of aromatic amines is 1. The number of rotatable bonds is 5. The van der Waals surface area contributed by atoms with Gasteiger partial charge in [0.15, 0.2) is 0 Å². The number of amides is 1. The first-order valence-electron chi connectivity index (χ1n) is 9.89. The molecule has 1 aromatic carbocycles. The molecule has 1 atom stereocenters. The number of H-pyrrole nitrogens is 1. The van der Waals surface area contributed by atoms with Crippen LogP contribution in [0.5, 0.6) is 0 Å². The molecule has 2 aromatic heterocycles. The van der Waals surface area contributed by atoms with E-state index in [0.29, 0.717) is 0 Å². The Balaban J connectivity index is 1.59. The summed E-state index contributed by atoms with van der Waals surface area (Å²) in [7, 11) is 2.12. The number of hydrogen-bond donors (Lipinski definition) is 2. The summed E-state index contributed by atoms with van der Waals surface area (Å²) in [4.78, 5) is 29.2. The minimum atomic E-state index is -0.131. The molecule has 1 amide bonds. The number of nitrogens with one attached hydrogen (secondary N) is 2. The first-order chi connectivity index (χ1) is 14.1. The van der Waals surface area contributed by atoms with Gasteiger partial charge < -0.3 is 15.2 Å². The van der Waals surface area contributed by atoms with Gasteiger partial charge in [-0.3, -0.25) is 9.69 Å². The molecular formula is C21H25ClN6O. The summed E-state index contributed by atoms with van der Waals surface area (Å²) in [6.45, 7) is 5.86. The lowest BCUT2D eigenvalue weighted by atomic mass is 10.1. The van der Waals surface area contributed by atoms with Crippen molar-refractivity contribution >= 4 is 34.1 Å². The highest BCUT2D eigenvalue weighted by molar-refractivity contribution is 6.28. The van der Waals surface area contributed by atoms with Gasteiger partial charge in [0.05, 0.1) is 22.9 Å². The van der Waals surface area contributed by atoms with Crippen molar-refractivity contribution in [3.63, 3.8) is 0 Å². The second-order valence-electron chi connectivity index (χ2n) is 7.39. The molecule has 1 aliphatic rings. The van der Waals surface area contributed by atoms with E-state index in [4.69, 9.17) is 11.6 Å². The van der Waals surface area contributed by atoms with Crippen LogP contribution in [0.3, 0.4) is 0 Å². The zero-order valence-corrected chi connectivity index (χ0v) is 17.4. The lowest BCUT2D eigenvalue weighted by molar-refractivity contribution is -0.122. The second kappa shape index (κ2) is 8.49. The third-order valence-electron chi connectivity index (χ3n) is 5.54. The quantitative estimate of drug-likeness (QED) is 0.629. The fourth-order valence-corrected chi connectivity index (χ4v) is 4.06. The van der Waals surface area contributed by atoms with Crippen molar-refractivity contribution in [3.05, 3.63) is 41.9 Å². The topological polar surface area (TPSA) is 77.1 Å². The predicted octanol–water partition coefficient (Wildman–Crippen LogP) is 3.24. The number of nitrogens with zero attached hydrogens (tertiary/aromatic N) is 4. The fraction of sp³-hybridized carbons (Fsp3) is 0.381. The monoisotopic (exact) mass is 412 g/mol. The maximum atomic E-state index is 13.1. The minimum Gasteiger partial charge on any atom is -0.359 e. The molecule has 0 radical (unpaired) electrons. The Hall–Kier alpha value is -2.48. The molecule has 4 rings (SSSR count). The van der Waals surface area contributed by atoms with E-state index in [1.807, 2.05) is 30.5 Å². The molecule has 0 aliphatic carbocycles. The Morgan fingerprint density at radius 1 is 1.28 bits per heavy atom. The van der Waals surface area contributed by atoms with Crippen molar-refractivity contribution in [1.29, 1.82) is 0 Å². The van der Waals surface area contributed by atoms with Crippen molar-refractivity contribution < 1.29 is 4.79 Å². The maximum Gasteiger partial charge on any atom is 0.241 e. The SMILES string of the molecule is CCC(C(=O)Nc1cccc2c(-c3ccnc(Cl)n3)c[nH]c12)N1CCN(C)CC1. The molecule has 152 valence electrons. The van der Waals surface area contributed by atoms with Gasteiger partial charge in [-0.25, -0.2) is 9.97 Å². The number of likely N-dealkylation sites (N-methyl/N-ethyl adjacent to an activating group) is 1. The normalized spacial score (nSPS) is 16.8. The van der Waals surface area contributed by atoms with E-state index in [9.17, 15) is 4.79 Å². The lowest BCUT2D eigenvalue weighted by Gasteiger charge is -2.36. The minimum absolute atomic E-state index is 0.0331. The van der Waals surface area contributed by atoms with Gasteiger partial charge in [-0.2, -0.15) is 0 Å². The molecule has 3 heterocycles. The summed E-state index contributed by atoms with van der Waals surface area (Å²) in [5, 5.41) is 4.32. The number of anilines is 1. The maximum absolute atomic E-state index is 13.1. The predicted molar refractivity (Wildman–Crippen MR) is 116 cm³/mol. The van der Waals surface area contributed by atoms with E-state index in [0.717, 1.165) is 60.4 Å². The highest BCUT2D eigenvalue weighted by Crippen LogP contribution is 2.31. The van der Waals surface area contributed by atoms with Crippen LogP contribution in [-0.2, 0) is 4.79 Å². The zero-order valence-electron chi connectivity index (χ0n) is 16.7. The molecule has 1 fully saturated rings. The Morgan fingerprint density at radius 2 is 2.07 bits per heavy atom. The van der Waals surface area contributed by atoms with Gasteiger partial charge >= 0.3 is 0 Å². The molecular weight excluding hydrogens is 388 g/mol. The molecule has 2 N–H and O–H groups in total. The van der Waals surface area contributed by atoms with Crippen molar-refractivity contribution in [2.24, 2.45) is 0 Å². The van der Waals surface area contributed by atoms with E-state index in [-0.39, 0.29) is 17.2 Å². The van der Waals surface area contributed by atoms with Crippen LogP contribution in [0, 0.1) is 0 Å². The van der Waals surface area contributed by atoms with Crippen LogP contribution in [0.15, 0.2) is 36.7 Å². The third-order valence-corrected chi connectivity index (χ3v) is 5.73. The van der Waals surface area contributed by atoms with Gasteiger partial charge in [0, 0.05) is 49.5 Å². The number of para-hydroxylation sites is 1. The average Bonchev–Trinajstić information content (AvgIpc) is 3.15. The summed E-state index contributed by atoms with van der Waals surface area (Å²) in [5.41, 5.74) is 3.31. The Morgan fingerprint density at radius 3 is 2.79 bits per heavy atom. The van der Waals surface area contributed by atoms with Gasteiger partial charge in [0.25, 0.3) is 0 Å². The molecule has 0 spiro atoms.